The average Bonchev–Trinajstić information content (AvgIpc) is 2.13. The Hall–Kier alpha value is -0.610. The number of carbonyl (C=O) groups is 1. The van der Waals surface area contributed by atoms with Gasteiger partial charge in [-0.1, -0.05) is 6.07 Å². The van der Waals surface area contributed by atoms with Crippen molar-refractivity contribution in [1.82, 2.24) is 0 Å². The van der Waals surface area contributed by atoms with Gasteiger partial charge in [0.15, 0.2) is 0 Å². The third kappa shape index (κ3) is 2.96. The minimum Gasteiger partial charge on any atom is -0.314 e. The van der Waals surface area contributed by atoms with E-state index in [4.69, 9.17) is 0 Å². The Morgan fingerprint density at radius 1 is 1.57 bits per heavy atom. The predicted octanol–water partition coefficient (Wildman–Crippen LogP) is 2.72. The van der Waals surface area contributed by atoms with E-state index in [2.05, 4.69) is 32.0 Å². The summed E-state index contributed by atoms with van der Waals surface area (Å²) in [4.78, 5) is 13.3. The van der Waals surface area contributed by atoms with Crippen LogP contribution in [0.3, 0.4) is 0 Å². The number of hydrogen-bond acceptors (Lipinski definition) is 1. The molecule has 0 radical (unpaired) electrons. The molecule has 0 aliphatic rings. The highest BCUT2D eigenvalue weighted by atomic mass is 127. The highest BCUT2D eigenvalue weighted by Crippen LogP contribution is 2.20. The minimum absolute atomic E-state index is 0.366. The Morgan fingerprint density at radius 3 is 2.93 bits per heavy atom. The Balaban J connectivity index is 2.90. The maximum Gasteiger partial charge on any atom is 0.301 e. The van der Waals surface area contributed by atoms with Crippen molar-refractivity contribution in [2.24, 2.45) is 0 Å². The molecule has 2 nitrogen and oxygen atoms in total. The molecular formula is C9H4BrFINO. The third-order valence-corrected chi connectivity index (χ3v) is 2.66. The minimum atomic E-state index is -0.481. The highest BCUT2D eigenvalue weighted by molar-refractivity contribution is 14.1. The Labute approximate surface area is 103 Å². The van der Waals surface area contributed by atoms with E-state index in [0.29, 0.717) is 9.26 Å². The van der Waals surface area contributed by atoms with Gasteiger partial charge in [0.1, 0.15) is 5.82 Å². The van der Waals surface area contributed by atoms with Crippen molar-refractivity contribution >= 4 is 50.1 Å². The van der Waals surface area contributed by atoms with E-state index in [9.17, 15) is 9.18 Å². The van der Waals surface area contributed by atoms with Gasteiger partial charge in [0.25, 0.3) is 0 Å². The number of benzene rings is 1. The molecule has 0 bridgehead atoms. The zero-order valence-electron chi connectivity index (χ0n) is 6.77. The first kappa shape index (κ1) is 11.5. The summed E-state index contributed by atoms with van der Waals surface area (Å²) in [6.07, 6.45) is 0. The van der Waals surface area contributed by atoms with Crippen LogP contribution in [-0.4, -0.2) is 5.91 Å². The summed E-state index contributed by atoms with van der Waals surface area (Å²) in [5.41, 5.74) is 0.422. The smallest absolute Gasteiger partial charge is 0.301 e. The van der Waals surface area contributed by atoms with Crippen molar-refractivity contribution in [1.29, 1.82) is 0 Å². The molecular weight excluding hydrogens is 364 g/mol. The van der Waals surface area contributed by atoms with Crippen LogP contribution in [-0.2, 0) is 4.79 Å². The van der Waals surface area contributed by atoms with Gasteiger partial charge in [0, 0.05) is 21.9 Å². The number of hydrogen-bond donors (Lipinski definition) is 1. The molecule has 0 saturated carbocycles. The van der Waals surface area contributed by atoms with Crippen molar-refractivity contribution in [3.05, 3.63) is 27.6 Å². The van der Waals surface area contributed by atoms with E-state index < -0.39 is 5.91 Å². The van der Waals surface area contributed by atoms with Gasteiger partial charge in [-0.3, -0.25) is 4.79 Å². The molecule has 1 amide bonds. The van der Waals surface area contributed by atoms with E-state index >= 15 is 0 Å². The standard InChI is InChI=1S/C9H4BrFINO/c10-5-4-8(14)13-7-3-1-2-6(11)9(7)12/h1-3H,(H,13,14). The molecule has 0 fully saturated rings. The number of anilines is 1. The van der Waals surface area contributed by atoms with Crippen LogP contribution in [0, 0.1) is 20.1 Å². The van der Waals surface area contributed by atoms with Crippen LogP contribution >= 0.6 is 38.5 Å². The molecule has 0 spiro atoms. The van der Waals surface area contributed by atoms with E-state index in [1.807, 2.05) is 22.6 Å². The first-order valence-electron chi connectivity index (χ1n) is 3.52. The van der Waals surface area contributed by atoms with Crippen LogP contribution in [0.5, 0.6) is 0 Å². The molecule has 1 aromatic rings. The van der Waals surface area contributed by atoms with E-state index in [1.54, 1.807) is 6.07 Å². The van der Waals surface area contributed by atoms with Crippen molar-refractivity contribution in [2.75, 3.05) is 5.32 Å². The molecule has 0 atom stereocenters. The summed E-state index contributed by atoms with van der Waals surface area (Å²) in [7, 11) is 0. The molecule has 0 unspecified atom stereocenters. The summed E-state index contributed by atoms with van der Waals surface area (Å²) in [6, 6.07) is 4.46. The van der Waals surface area contributed by atoms with Gasteiger partial charge in [-0.05, 0) is 39.6 Å². The topological polar surface area (TPSA) is 29.1 Å². The van der Waals surface area contributed by atoms with Crippen molar-refractivity contribution in [3.63, 3.8) is 0 Å². The van der Waals surface area contributed by atoms with Gasteiger partial charge in [-0.25, -0.2) is 4.39 Å². The second-order valence-corrected chi connectivity index (χ2v) is 3.75. The molecule has 0 aliphatic heterocycles. The number of halogens is 3. The number of amides is 1. The quantitative estimate of drug-likeness (QED) is 0.600. The lowest BCUT2D eigenvalue weighted by Crippen LogP contribution is -2.09. The summed E-state index contributed by atoms with van der Waals surface area (Å²) in [5.74, 6) is 1.38. The molecule has 14 heavy (non-hydrogen) atoms. The first-order valence-corrected chi connectivity index (χ1v) is 5.39. The van der Waals surface area contributed by atoms with Gasteiger partial charge < -0.3 is 5.32 Å². The summed E-state index contributed by atoms with van der Waals surface area (Å²) < 4.78 is 13.4. The zero-order chi connectivity index (χ0) is 10.6. The maximum atomic E-state index is 13.0. The molecule has 0 aliphatic carbocycles. The van der Waals surface area contributed by atoms with Crippen molar-refractivity contribution in [3.8, 4) is 10.8 Å². The summed E-state index contributed by atoms with van der Waals surface area (Å²) in [5, 5.41) is 2.46. The van der Waals surface area contributed by atoms with Gasteiger partial charge in [-0.15, -0.1) is 0 Å². The monoisotopic (exact) mass is 367 g/mol. The van der Waals surface area contributed by atoms with Crippen LogP contribution in [0.15, 0.2) is 18.2 Å². The SMILES string of the molecule is O=C(C#CBr)Nc1cccc(F)c1I. The Morgan fingerprint density at radius 2 is 2.29 bits per heavy atom. The fourth-order valence-corrected chi connectivity index (χ4v) is 1.47. The third-order valence-electron chi connectivity index (χ3n) is 1.36. The van der Waals surface area contributed by atoms with Gasteiger partial charge in [-0.2, -0.15) is 0 Å². The molecule has 5 heteroatoms. The second kappa shape index (κ2) is 5.32. The van der Waals surface area contributed by atoms with Crippen LogP contribution < -0.4 is 5.32 Å². The second-order valence-electron chi connectivity index (χ2n) is 2.27. The fraction of sp³-hybridized carbons (Fsp3) is 0. The average molecular weight is 368 g/mol. The highest BCUT2D eigenvalue weighted by Gasteiger charge is 2.06. The Kier molecular flexibility index (Phi) is 4.35. The van der Waals surface area contributed by atoms with Crippen LogP contribution in [0.2, 0.25) is 0 Å². The zero-order valence-corrected chi connectivity index (χ0v) is 10.5. The van der Waals surface area contributed by atoms with Crippen LogP contribution in [0.4, 0.5) is 10.1 Å². The number of nitrogens with one attached hydrogen (secondary N) is 1. The molecule has 0 heterocycles. The van der Waals surface area contributed by atoms with Gasteiger partial charge in [0.05, 0.1) is 9.26 Å². The van der Waals surface area contributed by atoms with Crippen molar-refractivity contribution in [2.45, 2.75) is 0 Å². The molecule has 0 aromatic heterocycles. The molecule has 1 rings (SSSR count). The molecule has 0 saturated heterocycles. The van der Waals surface area contributed by atoms with E-state index in [-0.39, 0.29) is 5.82 Å². The van der Waals surface area contributed by atoms with Gasteiger partial charge >= 0.3 is 5.91 Å². The normalized spacial score (nSPS) is 8.79. The van der Waals surface area contributed by atoms with E-state index in [1.165, 1.54) is 12.1 Å². The maximum absolute atomic E-state index is 13.0. The lowest BCUT2D eigenvalue weighted by Gasteiger charge is -2.03. The first-order chi connectivity index (χ1) is 6.65. The van der Waals surface area contributed by atoms with Crippen molar-refractivity contribution < 1.29 is 9.18 Å². The number of rotatable bonds is 1. The fourth-order valence-electron chi connectivity index (χ4n) is 0.797. The van der Waals surface area contributed by atoms with E-state index in [0.717, 1.165) is 0 Å². The largest absolute Gasteiger partial charge is 0.314 e. The summed E-state index contributed by atoms with van der Waals surface area (Å²) >= 11 is 4.62. The predicted molar refractivity (Wildman–Crippen MR) is 64.4 cm³/mol. The Bertz CT molecular complexity index is 425. The molecule has 72 valence electrons. The van der Waals surface area contributed by atoms with Gasteiger partial charge in [0.2, 0.25) is 0 Å². The lowest BCUT2D eigenvalue weighted by atomic mass is 10.3. The number of carbonyl (C=O) groups excluding carboxylic acids is 1. The molecule has 1 aromatic carbocycles. The van der Waals surface area contributed by atoms with Crippen LogP contribution in [0.1, 0.15) is 0 Å². The van der Waals surface area contributed by atoms with Crippen LogP contribution in [0.25, 0.3) is 0 Å². The molecule has 1 N–H and O–H groups in total. The summed E-state index contributed by atoms with van der Waals surface area (Å²) in [6.45, 7) is 0. The lowest BCUT2D eigenvalue weighted by molar-refractivity contribution is -0.111.